The number of alkyl halides is 33. The number of hydrogen-bond acceptors (Lipinski definition) is 1. The topological polar surface area (TPSA) is 37.3 Å². The smallest absolute Gasteiger partial charge is 0.332 e. The fourth-order valence-electron chi connectivity index (χ4n) is 2.88. The Morgan fingerprint density at radius 2 is 0.346 bits per heavy atom. The Morgan fingerprint density at radius 1 is 0.231 bits per heavy atom. The van der Waals surface area contributed by atoms with Gasteiger partial charge in [-0.05, 0) is 0 Å². The van der Waals surface area contributed by atoms with Crippen LogP contribution in [0.1, 0.15) is 0 Å². The van der Waals surface area contributed by atoms with Crippen molar-refractivity contribution in [1.29, 1.82) is 0 Å². The fourth-order valence-corrected chi connectivity index (χ4v) is 56.3. The molecule has 0 aliphatic heterocycles. The zero-order valence-corrected chi connectivity index (χ0v) is 93.0. The largest absolute Gasteiger partial charge is 0.480 e. The molecule has 0 aliphatic carbocycles. The predicted octanol–water partition coefficient (Wildman–Crippen LogP) is 25.5. The van der Waals surface area contributed by atoms with Gasteiger partial charge in [0.2, 0.25) is 0 Å². The molecule has 0 spiro atoms. The van der Waals surface area contributed by atoms with Gasteiger partial charge in [-0.15, -0.1) is 0 Å². The van der Waals surface area contributed by atoms with Gasteiger partial charge in [0.05, 0.1) is 0 Å². The molecule has 0 aliphatic rings. The monoisotopic (exact) mass is 4420 g/mol. The molecule has 0 aromatic carbocycles. The first-order valence-electron chi connectivity index (χ1n) is 10.7. The van der Waals surface area contributed by atoms with E-state index >= 15 is 0 Å². The first kappa shape index (κ1) is 75.6. The van der Waals surface area contributed by atoms with E-state index in [1.54, 1.807) is 0 Å². The third kappa shape index (κ3) is 14.3. The lowest BCUT2D eigenvalue weighted by molar-refractivity contribution is -0.136. The molecule has 0 rings (SSSR count). The third-order valence-electron chi connectivity index (χ3n) is 6.15. The molecule has 0 aromatic rings. The minimum atomic E-state index is -1.05. The number of hydrogen-bond donors (Lipinski definition) is 1. The summed E-state index contributed by atoms with van der Waals surface area (Å²) in [6.07, 6.45) is 0. The second-order valence-corrected chi connectivity index (χ2v) is 100.0. The number of carboxylic acids is 1. The SMILES string of the molecule is O=C(O)C(I)(I)C(I)(I)C(I)(I)C(I)(I)C(I)(I)C(I)(I)C(I)(I)C(I)(I)C(I)(I)C(I)(I)C(I)(I)C(I)(I)C(I)(I)C(I)(I)C(I)(I)C(I)(I)I. The summed E-state index contributed by atoms with van der Waals surface area (Å²) >= 11 is 88.1. The Hall–Kier alpha value is 23.6. The highest BCUT2D eigenvalue weighted by Crippen LogP contribution is 2.84. The number of carboxylic acid groups (broad SMARTS) is 1. The van der Waals surface area contributed by atoms with Crippen LogP contribution in [0.4, 0.5) is 0 Å². The summed E-state index contributed by atoms with van der Waals surface area (Å²) in [7, 11) is 0. The van der Waals surface area contributed by atoms with Gasteiger partial charge < -0.3 is 5.11 Å². The minimum absolute atomic E-state index is 0.0241. The van der Waals surface area contributed by atoms with E-state index in [0.29, 0.717) is 0 Å². The molecule has 0 unspecified atom stereocenters. The maximum Gasteiger partial charge on any atom is 0.332 e. The van der Waals surface area contributed by atoms with Gasteiger partial charge in [-0.1, -0.05) is 745 Å². The van der Waals surface area contributed by atoms with Gasteiger partial charge in [-0.3, -0.25) is 0 Å². The van der Waals surface area contributed by atoms with Gasteiger partial charge in [-0.25, -0.2) is 4.79 Å². The standard InChI is InChI=1S/C17HI33O2/c18-2(19,1(51)52)3(20,21)4(22,23)5(24,25)6(26,27)7(28,29)8(30,31)9(32,33)10(34,35)11(36,37)12(38,39)13(40,41)14(42,43)15(44,45)16(46,47)17(48,49)50/h(H,51,52). The van der Waals surface area contributed by atoms with Gasteiger partial charge in [0.25, 0.3) is 0 Å². The van der Waals surface area contributed by atoms with Crippen molar-refractivity contribution >= 4 is 751 Å². The van der Waals surface area contributed by atoms with E-state index in [-0.39, 0.29) is 13.7 Å². The molecule has 0 saturated carbocycles. The fraction of sp³-hybridized carbons (Fsp3) is 0.941. The second kappa shape index (κ2) is 26.9. The van der Waals surface area contributed by atoms with Crippen LogP contribution in [-0.4, -0.2) is 31.9 Å². The number of rotatable bonds is 16. The van der Waals surface area contributed by atoms with Crippen LogP contribution in [0.3, 0.4) is 0 Å². The summed E-state index contributed by atoms with van der Waals surface area (Å²) in [6, 6.07) is 0. The van der Waals surface area contributed by atoms with Gasteiger partial charge in [-0.2, -0.15) is 0 Å². The molecule has 0 bridgehead atoms. The Bertz CT molecular complexity index is 1350. The zero-order chi connectivity index (χ0) is 43.6. The molecule has 2 nitrogen and oxygen atoms in total. The quantitative estimate of drug-likeness (QED) is 0.124. The molecule has 52 heavy (non-hydrogen) atoms. The van der Waals surface area contributed by atoms with Crippen LogP contribution in [0.5, 0.6) is 0 Å². The van der Waals surface area contributed by atoms with Gasteiger partial charge in [0.1, 0.15) is 19.4 Å². The second-order valence-electron chi connectivity index (χ2n) is 9.42. The number of halogens is 33. The highest BCUT2D eigenvalue weighted by atomic mass is 127. The molecule has 312 valence electrons. The highest BCUT2D eigenvalue weighted by Gasteiger charge is 2.83. The van der Waals surface area contributed by atoms with E-state index in [2.05, 4.69) is 745 Å². The average molecular weight is 4430 g/mol. The summed E-state index contributed by atoms with van der Waals surface area (Å²) < 4.78 is -5.71. The summed E-state index contributed by atoms with van der Waals surface area (Å²) in [4.78, 5) is 12.7. The lowest BCUT2D eigenvalue weighted by Gasteiger charge is -2.62. The summed E-state index contributed by atoms with van der Waals surface area (Å²) in [5.74, 6) is -0.816. The van der Waals surface area contributed by atoms with E-state index < -0.39 is 13.1 Å². The van der Waals surface area contributed by atoms with Gasteiger partial charge in [0, 0.05) is 0 Å². The normalized spacial score (nSPS) is 17.1. The molecule has 1 N–H and O–H groups in total. The number of aliphatic carboxylic acids is 1. The first-order chi connectivity index (χ1) is 21.7. The molecular formula is C17HI33O2. The molecule has 0 amide bonds. The molecule has 0 saturated heterocycles. The summed E-state index contributed by atoms with van der Waals surface area (Å²) in [5, 5.41) is 10.4. The lowest BCUT2D eigenvalue weighted by Crippen LogP contribution is -2.73. The van der Waals surface area contributed by atoms with Crippen molar-refractivity contribution < 1.29 is 9.90 Å². The third-order valence-corrected chi connectivity index (χ3v) is 120. The molecule has 0 fully saturated rings. The molecule has 0 aromatic heterocycles. The molecule has 35 heteroatoms. The molecular weight excluding hydrogens is 4420 g/mol. The van der Waals surface area contributed by atoms with E-state index in [9.17, 15) is 9.90 Å². The Labute approximate surface area is 755 Å². The van der Waals surface area contributed by atoms with Crippen molar-refractivity contribution in [2.45, 2.75) is 20.9 Å². The Morgan fingerprint density at radius 3 is 0.462 bits per heavy atom. The van der Waals surface area contributed by atoms with E-state index in [4.69, 9.17) is 0 Å². The van der Waals surface area contributed by atoms with Crippen LogP contribution < -0.4 is 0 Å². The summed E-state index contributed by atoms with van der Waals surface area (Å²) in [6.45, 7) is 0. The van der Waals surface area contributed by atoms with Gasteiger partial charge in [0.15, 0.2) is 1.43 Å². The van der Waals surface area contributed by atoms with Crippen LogP contribution in [0, 0.1) is 0 Å². The van der Waals surface area contributed by atoms with Crippen LogP contribution in [0.25, 0.3) is 0 Å². The lowest BCUT2D eigenvalue weighted by atomic mass is 10.0. The zero-order valence-electron chi connectivity index (χ0n) is 21.8. The van der Waals surface area contributed by atoms with Crippen LogP contribution in [0.2, 0.25) is 0 Å². The van der Waals surface area contributed by atoms with Crippen LogP contribution in [-0.2, 0) is 4.79 Å². The van der Waals surface area contributed by atoms with E-state index in [1.807, 2.05) is 0 Å². The molecule has 0 atom stereocenters. The molecule has 0 heterocycles. The maximum absolute atomic E-state index is 12.7. The van der Waals surface area contributed by atoms with Crippen molar-refractivity contribution in [3.8, 4) is 0 Å². The first-order valence-corrected chi connectivity index (χ1v) is 46.3. The van der Waals surface area contributed by atoms with Crippen molar-refractivity contribution in [3.05, 3.63) is 0 Å². The Balaban J connectivity index is 7.76. The average Bonchev–Trinajstić information content (AvgIpc) is 2.90. The van der Waals surface area contributed by atoms with Gasteiger partial charge >= 0.3 is 5.97 Å². The predicted molar refractivity (Wildman–Crippen MR) is 514 cm³/mol. The summed E-state index contributed by atoms with van der Waals surface area (Å²) in [5.41, 5.74) is 0. The minimum Gasteiger partial charge on any atom is -0.480 e. The maximum atomic E-state index is 12.7. The molecule has 0 radical (unpaired) electrons. The van der Waals surface area contributed by atoms with Crippen LogP contribution in [0.15, 0.2) is 0 Å². The Kier molecular flexibility index (Phi) is 39.0. The highest BCUT2D eigenvalue weighted by molar-refractivity contribution is 14.3. The van der Waals surface area contributed by atoms with E-state index in [1.165, 1.54) is 0 Å². The number of carbonyl (C=O) groups is 1. The van der Waals surface area contributed by atoms with Crippen molar-refractivity contribution in [2.24, 2.45) is 0 Å². The van der Waals surface area contributed by atoms with E-state index in [0.717, 1.165) is 0 Å². The van der Waals surface area contributed by atoms with Crippen molar-refractivity contribution in [2.75, 3.05) is 0 Å². The van der Waals surface area contributed by atoms with Crippen LogP contribution >= 0.6 is 745 Å². The van der Waals surface area contributed by atoms with Crippen molar-refractivity contribution in [1.82, 2.24) is 0 Å². The van der Waals surface area contributed by atoms with Crippen molar-refractivity contribution in [3.63, 3.8) is 0 Å².